The predicted molar refractivity (Wildman–Crippen MR) is 133 cm³/mol. The Bertz CT molecular complexity index is 1240. The number of hydrogen-bond acceptors (Lipinski definition) is 5. The number of fused-ring (bicyclic) bond motifs is 1. The van der Waals surface area contributed by atoms with Crippen LogP contribution in [0.25, 0.3) is 11.5 Å². The lowest BCUT2D eigenvalue weighted by atomic mass is 10.1. The average molecular weight is 478 g/mol. The van der Waals surface area contributed by atoms with Crippen molar-refractivity contribution in [2.75, 3.05) is 11.7 Å². The lowest BCUT2D eigenvalue weighted by Crippen LogP contribution is -2.09. The fourth-order valence-corrected chi connectivity index (χ4v) is 7.63. The second-order valence-corrected chi connectivity index (χ2v) is 11.2. The zero-order valence-corrected chi connectivity index (χ0v) is 20.0. The molecule has 168 valence electrons. The molecule has 33 heavy (non-hydrogen) atoms. The number of nitrogens with one attached hydrogen (secondary N) is 1. The van der Waals surface area contributed by atoms with Gasteiger partial charge in [0.2, 0.25) is 7.29 Å². The molecular weight excluding hydrogens is 453 g/mol. The normalized spacial score (nSPS) is 16.3. The molecule has 0 fully saturated rings. The van der Waals surface area contributed by atoms with Crippen LogP contribution in [0.3, 0.4) is 0 Å². The zero-order valence-electron chi connectivity index (χ0n) is 18.2. The average Bonchev–Trinajstić information content (AvgIpc) is 3.40. The molecule has 1 aliphatic carbocycles. The van der Waals surface area contributed by atoms with Gasteiger partial charge in [-0.1, -0.05) is 60.7 Å². The maximum absolute atomic E-state index is 14.2. The number of esters is 1. The second-order valence-electron chi connectivity index (χ2n) is 7.92. The number of ether oxygens (including phenoxy) is 2. The highest BCUT2D eigenvalue weighted by Crippen LogP contribution is 2.58. The summed E-state index contributed by atoms with van der Waals surface area (Å²) in [5.74, 6) is 3.98. The number of benzene rings is 2. The number of carbonyl (C=O) groups is 1. The van der Waals surface area contributed by atoms with Gasteiger partial charge in [-0.25, -0.2) is 4.79 Å². The van der Waals surface area contributed by atoms with Crippen molar-refractivity contribution in [2.24, 2.45) is 0 Å². The van der Waals surface area contributed by atoms with E-state index in [1.807, 2.05) is 60.7 Å². The number of rotatable bonds is 6. The number of hydrogen-bond donors (Lipinski definition) is 1. The van der Waals surface area contributed by atoms with Gasteiger partial charge < -0.3 is 14.6 Å². The lowest BCUT2D eigenvalue weighted by Gasteiger charge is -2.24. The molecule has 0 atom stereocenters. The molecule has 1 N–H and O–H groups in total. The van der Waals surface area contributed by atoms with Gasteiger partial charge in [0.15, 0.2) is 0 Å². The first kappa shape index (κ1) is 21.7. The Morgan fingerprint density at radius 1 is 1.00 bits per heavy atom. The van der Waals surface area contributed by atoms with E-state index in [0.717, 1.165) is 36.0 Å². The van der Waals surface area contributed by atoms with Crippen molar-refractivity contribution < 1.29 is 18.8 Å². The molecule has 7 heteroatoms. The number of thiophene rings is 1. The van der Waals surface area contributed by atoms with E-state index < -0.39 is 7.29 Å². The predicted octanol–water partition coefficient (Wildman–Crippen LogP) is 7.13. The van der Waals surface area contributed by atoms with E-state index in [4.69, 9.17) is 9.47 Å². The van der Waals surface area contributed by atoms with Gasteiger partial charge in [-0.15, -0.1) is 11.3 Å². The standard InChI is InChI=1S/C26H24NO4PS/c1-2-30-26(28)24-20-14-9-15-23(20)33-25(24)27-32(29)16-21(18-10-5-3-6-11-18)31-22(17-32)19-12-7-4-8-13-19/h3-8,10-13,16-17H,2,9,14-15H2,1H3,(H,27,29). The van der Waals surface area contributed by atoms with E-state index in [2.05, 4.69) is 5.09 Å². The molecule has 3 aromatic rings. The number of aryl methyl sites for hydroxylation is 1. The Labute approximate surface area is 197 Å². The van der Waals surface area contributed by atoms with E-state index >= 15 is 0 Å². The largest absolute Gasteiger partial charge is 0.462 e. The van der Waals surface area contributed by atoms with Crippen LogP contribution in [0.2, 0.25) is 0 Å². The molecule has 2 heterocycles. The summed E-state index contributed by atoms with van der Waals surface area (Å²) in [6.07, 6.45) is 2.79. The van der Waals surface area contributed by atoms with Gasteiger partial charge in [0.1, 0.15) is 16.5 Å². The molecule has 5 nitrogen and oxygen atoms in total. The number of anilines is 1. The van der Waals surface area contributed by atoms with Crippen LogP contribution in [0.1, 0.15) is 45.3 Å². The first-order chi connectivity index (χ1) is 16.1. The van der Waals surface area contributed by atoms with Gasteiger partial charge in [-0.3, -0.25) is 4.57 Å². The lowest BCUT2D eigenvalue weighted by molar-refractivity contribution is 0.0527. The third-order valence-electron chi connectivity index (χ3n) is 5.63. The Balaban J connectivity index is 1.59. The maximum atomic E-state index is 14.2. The van der Waals surface area contributed by atoms with Crippen LogP contribution in [0.5, 0.6) is 0 Å². The minimum absolute atomic E-state index is 0.296. The molecule has 0 spiro atoms. The fraction of sp³-hybridized carbons (Fsp3) is 0.192. The van der Waals surface area contributed by atoms with Crippen molar-refractivity contribution in [2.45, 2.75) is 26.2 Å². The van der Waals surface area contributed by atoms with Crippen molar-refractivity contribution in [3.63, 3.8) is 0 Å². The van der Waals surface area contributed by atoms with Gasteiger partial charge in [-0.05, 0) is 31.7 Å². The summed E-state index contributed by atoms with van der Waals surface area (Å²) < 4.78 is 25.8. The van der Waals surface area contributed by atoms with Gasteiger partial charge in [0.25, 0.3) is 0 Å². The van der Waals surface area contributed by atoms with Gasteiger partial charge in [0, 0.05) is 27.6 Å². The quantitative estimate of drug-likeness (QED) is 0.302. The molecule has 1 aromatic heterocycles. The van der Waals surface area contributed by atoms with Gasteiger partial charge in [-0.2, -0.15) is 0 Å². The van der Waals surface area contributed by atoms with Crippen LogP contribution >= 0.6 is 18.6 Å². The molecule has 2 aliphatic rings. The summed E-state index contributed by atoms with van der Waals surface area (Å²) in [4.78, 5) is 14.0. The van der Waals surface area contributed by atoms with Crippen LogP contribution in [0, 0.1) is 0 Å². The van der Waals surface area contributed by atoms with Crippen molar-refractivity contribution in [1.82, 2.24) is 0 Å². The second kappa shape index (κ2) is 9.05. The summed E-state index contributed by atoms with van der Waals surface area (Å²) in [6, 6.07) is 19.2. The van der Waals surface area contributed by atoms with Crippen LogP contribution in [-0.2, 0) is 26.9 Å². The Morgan fingerprint density at radius 2 is 1.61 bits per heavy atom. The van der Waals surface area contributed by atoms with Crippen molar-refractivity contribution in [3.05, 3.63) is 99.4 Å². The first-order valence-corrected chi connectivity index (χ1v) is 13.7. The minimum atomic E-state index is -3.25. The molecule has 0 saturated carbocycles. The van der Waals surface area contributed by atoms with Crippen LogP contribution in [-0.4, -0.2) is 12.6 Å². The SMILES string of the molecule is CCOC(=O)c1c(NP2(=O)C=C(c3ccccc3)OC(c3ccccc3)=C2)sc2c1CCC2. The first-order valence-electron chi connectivity index (χ1n) is 11.0. The van der Waals surface area contributed by atoms with E-state index in [-0.39, 0.29) is 5.97 Å². The molecule has 5 rings (SSSR count). The van der Waals surface area contributed by atoms with E-state index in [1.54, 1.807) is 18.6 Å². The summed E-state index contributed by atoms with van der Waals surface area (Å²) in [6.45, 7) is 2.09. The third kappa shape index (κ3) is 4.41. The summed E-state index contributed by atoms with van der Waals surface area (Å²) in [5.41, 5.74) is 3.22. The smallest absolute Gasteiger partial charge is 0.341 e. The molecule has 2 aromatic carbocycles. The Kier molecular flexibility index (Phi) is 5.96. The molecular formula is C26H24NO4PS. The molecule has 0 bridgehead atoms. The third-order valence-corrected chi connectivity index (χ3v) is 8.80. The van der Waals surface area contributed by atoms with Crippen LogP contribution < -0.4 is 5.09 Å². The molecule has 0 amide bonds. The summed E-state index contributed by atoms with van der Waals surface area (Å²) in [5, 5.41) is 3.84. The summed E-state index contributed by atoms with van der Waals surface area (Å²) >= 11 is 1.51. The highest BCUT2D eigenvalue weighted by molar-refractivity contribution is 7.72. The highest BCUT2D eigenvalue weighted by Gasteiger charge is 2.33. The van der Waals surface area contributed by atoms with Crippen LogP contribution in [0.15, 0.2) is 72.3 Å². The Morgan fingerprint density at radius 3 is 2.18 bits per heavy atom. The monoisotopic (exact) mass is 477 g/mol. The van der Waals surface area contributed by atoms with Gasteiger partial charge in [0.05, 0.1) is 12.2 Å². The van der Waals surface area contributed by atoms with Crippen molar-refractivity contribution in [1.29, 1.82) is 0 Å². The fourth-order valence-electron chi connectivity index (χ4n) is 4.15. The van der Waals surface area contributed by atoms with Crippen molar-refractivity contribution in [3.8, 4) is 0 Å². The van der Waals surface area contributed by atoms with E-state index in [0.29, 0.717) is 28.7 Å². The highest BCUT2D eigenvalue weighted by atomic mass is 32.1. The molecule has 1 aliphatic heterocycles. The maximum Gasteiger partial charge on any atom is 0.341 e. The molecule has 0 radical (unpaired) electrons. The minimum Gasteiger partial charge on any atom is -0.462 e. The van der Waals surface area contributed by atoms with Crippen molar-refractivity contribution >= 4 is 41.1 Å². The number of carbonyl (C=O) groups excluding carboxylic acids is 1. The topological polar surface area (TPSA) is 64.6 Å². The molecule has 0 unspecified atom stereocenters. The van der Waals surface area contributed by atoms with E-state index in [9.17, 15) is 9.36 Å². The zero-order chi connectivity index (χ0) is 22.8. The Hall–Kier alpha value is -3.08. The van der Waals surface area contributed by atoms with Crippen LogP contribution in [0.4, 0.5) is 5.00 Å². The van der Waals surface area contributed by atoms with Gasteiger partial charge >= 0.3 is 5.97 Å². The van der Waals surface area contributed by atoms with E-state index in [1.165, 1.54) is 16.2 Å². The molecule has 0 saturated heterocycles. The summed E-state index contributed by atoms with van der Waals surface area (Å²) in [7, 11) is -3.25.